The topological polar surface area (TPSA) is 102 Å². The van der Waals surface area contributed by atoms with Gasteiger partial charge in [-0.05, 0) is 56.4 Å². The van der Waals surface area contributed by atoms with E-state index in [-0.39, 0.29) is 11.5 Å². The van der Waals surface area contributed by atoms with Crippen molar-refractivity contribution in [2.45, 2.75) is 64.6 Å². The van der Waals surface area contributed by atoms with Gasteiger partial charge in [0.1, 0.15) is 23.4 Å². The van der Waals surface area contributed by atoms with Gasteiger partial charge in [0.05, 0.1) is 12.2 Å². The lowest BCUT2D eigenvalue weighted by Crippen LogP contribution is -2.45. The second-order valence-corrected chi connectivity index (χ2v) is 8.25. The van der Waals surface area contributed by atoms with Crippen LogP contribution < -0.4 is 9.47 Å². The molecule has 2 unspecified atom stereocenters. The first kappa shape index (κ1) is 24.6. The van der Waals surface area contributed by atoms with Crippen LogP contribution in [-0.4, -0.2) is 47.4 Å². The highest BCUT2D eigenvalue weighted by atomic mass is 16.6. The number of carboxylic acids is 1. The molecule has 0 aliphatic carbocycles. The summed E-state index contributed by atoms with van der Waals surface area (Å²) in [5.74, 6) is 0.0300. The van der Waals surface area contributed by atoms with Crippen LogP contribution in [0.1, 0.15) is 61.0 Å². The number of aromatic hydroxyl groups is 1. The van der Waals surface area contributed by atoms with E-state index in [0.717, 1.165) is 31.2 Å². The van der Waals surface area contributed by atoms with Gasteiger partial charge in [0, 0.05) is 18.6 Å². The molecule has 0 saturated heterocycles. The fourth-order valence-corrected chi connectivity index (χ4v) is 4.01. The molecule has 0 aromatic heterocycles. The van der Waals surface area contributed by atoms with Crippen molar-refractivity contribution in [2.24, 2.45) is 0 Å². The number of rotatable bonds is 12. The van der Waals surface area contributed by atoms with Crippen molar-refractivity contribution in [3.8, 4) is 17.2 Å². The van der Waals surface area contributed by atoms with E-state index >= 15 is 0 Å². The molecule has 7 nitrogen and oxygen atoms in total. The molecule has 2 atom stereocenters. The van der Waals surface area contributed by atoms with E-state index in [1.807, 2.05) is 25.1 Å². The van der Waals surface area contributed by atoms with Gasteiger partial charge >= 0.3 is 5.97 Å². The molecule has 0 fully saturated rings. The van der Waals surface area contributed by atoms with Crippen molar-refractivity contribution < 1.29 is 34.0 Å². The maximum absolute atomic E-state index is 11.7. The third kappa shape index (κ3) is 6.26. The molecule has 2 N–H and O–H groups in total. The monoisotopic (exact) mass is 456 g/mol. The average Bonchev–Trinajstić information content (AvgIpc) is 2.79. The number of phenols is 1. The zero-order valence-corrected chi connectivity index (χ0v) is 19.2. The maximum Gasteiger partial charge on any atom is 0.347 e. The number of carbonyl (C=O) groups is 2. The first-order valence-corrected chi connectivity index (χ1v) is 11.5. The molecular formula is C26H32O7. The molecule has 0 radical (unpaired) electrons. The zero-order chi connectivity index (χ0) is 23.8. The van der Waals surface area contributed by atoms with Gasteiger partial charge in [-0.1, -0.05) is 31.5 Å². The van der Waals surface area contributed by atoms with Gasteiger partial charge in [0.15, 0.2) is 5.78 Å². The highest BCUT2D eigenvalue weighted by Crippen LogP contribution is 2.33. The number of unbranched alkanes of at least 4 members (excludes halogenated alkanes) is 2. The number of para-hydroxylation sites is 1. The predicted octanol–water partition coefficient (Wildman–Crippen LogP) is 4.57. The van der Waals surface area contributed by atoms with E-state index in [2.05, 4.69) is 0 Å². The van der Waals surface area contributed by atoms with Gasteiger partial charge in [-0.15, -0.1) is 0 Å². The third-order valence-corrected chi connectivity index (χ3v) is 5.73. The van der Waals surface area contributed by atoms with Crippen molar-refractivity contribution in [1.29, 1.82) is 0 Å². The molecule has 0 saturated carbocycles. The number of Topliss-reactive ketones (excluding diaryl/α,β-unsaturated/α-hetero) is 1. The van der Waals surface area contributed by atoms with Gasteiger partial charge in [-0.3, -0.25) is 4.79 Å². The van der Waals surface area contributed by atoms with E-state index < -0.39 is 18.2 Å². The molecule has 0 amide bonds. The molecule has 33 heavy (non-hydrogen) atoms. The Labute approximate surface area is 194 Å². The van der Waals surface area contributed by atoms with Crippen LogP contribution >= 0.6 is 0 Å². The summed E-state index contributed by atoms with van der Waals surface area (Å²) in [5, 5.41) is 19.9. The van der Waals surface area contributed by atoms with Gasteiger partial charge in [-0.25, -0.2) is 4.79 Å². The average molecular weight is 457 g/mol. The quantitative estimate of drug-likeness (QED) is 0.356. The second kappa shape index (κ2) is 11.7. The molecule has 7 heteroatoms. The van der Waals surface area contributed by atoms with E-state index in [0.29, 0.717) is 48.7 Å². The Hall–Kier alpha value is -3.06. The van der Waals surface area contributed by atoms with Crippen LogP contribution in [-0.2, 0) is 22.4 Å². The molecule has 0 bridgehead atoms. The summed E-state index contributed by atoms with van der Waals surface area (Å²) >= 11 is 0. The summed E-state index contributed by atoms with van der Waals surface area (Å²) in [7, 11) is 0. The van der Waals surface area contributed by atoms with Crippen molar-refractivity contribution in [3.63, 3.8) is 0 Å². The van der Waals surface area contributed by atoms with Crippen molar-refractivity contribution >= 4 is 11.8 Å². The van der Waals surface area contributed by atoms with E-state index in [1.165, 1.54) is 6.92 Å². The van der Waals surface area contributed by atoms with Crippen LogP contribution in [0.25, 0.3) is 0 Å². The standard InChI is InChI=1S/C26H32O7/c1-3-9-20-22(13-12-19(17(2)27)24(20)28)31-14-7-4-8-15-32-23-16-18-10-5-6-11-21(18)33-25(23)26(29)30/h5-6,10-13,23,25,28H,3-4,7-9,14-16H2,1-2H3,(H,29,30). The zero-order valence-electron chi connectivity index (χ0n) is 19.2. The van der Waals surface area contributed by atoms with Gasteiger partial charge in [-0.2, -0.15) is 0 Å². The minimum absolute atomic E-state index is 0.0134. The normalized spacial score (nSPS) is 17.2. The predicted molar refractivity (Wildman–Crippen MR) is 123 cm³/mol. The number of ether oxygens (including phenoxy) is 3. The molecule has 3 rings (SSSR count). The van der Waals surface area contributed by atoms with E-state index in [4.69, 9.17) is 14.2 Å². The number of carboxylic acid groups (broad SMARTS) is 1. The SMILES string of the molecule is CCCc1c(OCCCCCOC2Cc3ccccc3OC2C(=O)O)ccc(C(C)=O)c1O. The highest BCUT2D eigenvalue weighted by Gasteiger charge is 2.36. The Morgan fingerprint density at radius 3 is 2.58 bits per heavy atom. The summed E-state index contributed by atoms with van der Waals surface area (Å²) in [4.78, 5) is 23.3. The smallest absolute Gasteiger partial charge is 0.347 e. The molecule has 2 aromatic rings. The Kier molecular flexibility index (Phi) is 8.72. The Bertz CT molecular complexity index is 969. The lowest BCUT2D eigenvalue weighted by atomic mass is 9.99. The summed E-state index contributed by atoms with van der Waals surface area (Å²) in [6.45, 7) is 4.36. The lowest BCUT2D eigenvalue weighted by molar-refractivity contribution is -0.154. The van der Waals surface area contributed by atoms with Gasteiger partial charge in [0.25, 0.3) is 0 Å². The highest BCUT2D eigenvalue weighted by molar-refractivity contribution is 5.97. The second-order valence-electron chi connectivity index (χ2n) is 8.25. The summed E-state index contributed by atoms with van der Waals surface area (Å²) in [6.07, 6.45) is 2.85. The number of phenolic OH excluding ortho intramolecular Hbond substituents is 1. The Balaban J connectivity index is 1.44. The minimum Gasteiger partial charge on any atom is -0.507 e. The number of ketones is 1. The Morgan fingerprint density at radius 2 is 1.85 bits per heavy atom. The van der Waals surface area contributed by atoms with Crippen LogP contribution in [0.2, 0.25) is 0 Å². The fourth-order valence-electron chi connectivity index (χ4n) is 4.01. The summed E-state index contributed by atoms with van der Waals surface area (Å²) in [6, 6.07) is 10.8. The number of hydrogen-bond donors (Lipinski definition) is 2. The summed E-state index contributed by atoms with van der Waals surface area (Å²) in [5.41, 5.74) is 1.94. The molecule has 1 heterocycles. The minimum atomic E-state index is -1.02. The van der Waals surface area contributed by atoms with Crippen LogP contribution in [0.5, 0.6) is 17.2 Å². The number of aliphatic carboxylic acids is 1. The fraction of sp³-hybridized carbons (Fsp3) is 0.462. The largest absolute Gasteiger partial charge is 0.507 e. The molecular weight excluding hydrogens is 424 g/mol. The molecule has 178 valence electrons. The van der Waals surface area contributed by atoms with Crippen molar-refractivity contribution in [2.75, 3.05) is 13.2 Å². The first-order valence-electron chi connectivity index (χ1n) is 11.5. The van der Waals surface area contributed by atoms with Crippen LogP contribution in [0.15, 0.2) is 36.4 Å². The third-order valence-electron chi connectivity index (χ3n) is 5.73. The Morgan fingerprint density at radius 1 is 1.09 bits per heavy atom. The number of fused-ring (bicyclic) bond motifs is 1. The summed E-state index contributed by atoms with van der Waals surface area (Å²) < 4.78 is 17.4. The number of benzene rings is 2. The number of hydrogen-bond acceptors (Lipinski definition) is 6. The van der Waals surface area contributed by atoms with Gasteiger partial charge < -0.3 is 24.4 Å². The van der Waals surface area contributed by atoms with Crippen LogP contribution in [0.4, 0.5) is 0 Å². The van der Waals surface area contributed by atoms with E-state index in [9.17, 15) is 19.8 Å². The van der Waals surface area contributed by atoms with Crippen LogP contribution in [0, 0.1) is 0 Å². The molecule has 0 spiro atoms. The first-order chi connectivity index (χ1) is 15.9. The lowest BCUT2D eigenvalue weighted by Gasteiger charge is -2.31. The van der Waals surface area contributed by atoms with Crippen molar-refractivity contribution in [1.82, 2.24) is 0 Å². The van der Waals surface area contributed by atoms with Crippen molar-refractivity contribution in [3.05, 3.63) is 53.1 Å². The molecule has 1 aliphatic rings. The van der Waals surface area contributed by atoms with E-state index in [1.54, 1.807) is 18.2 Å². The molecule has 1 aliphatic heterocycles. The van der Waals surface area contributed by atoms with Gasteiger partial charge in [0.2, 0.25) is 6.10 Å². The number of carbonyl (C=O) groups excluding carboxylic acids is 1. The molecule has 2 aromatic carbocycles. The van der Waals surface area contributed by atoms with Crippen LogP contribution in [0.3, 0.4) is 0 Å². The maximum atomic E-state index is 11.7.